The average Bonchev–Trinajstić information content (AvgIpc) is 0.704. The Balaban J connectivity index is 1.22. The van der Waals surface area contributed by atoms with Crippen molar-refractivity contribution < 1.29 is 18.9 Å². The molecular formula is C90H66O4. The molecule has 0 heterocycles. The van der Waals surface area contributed by atoms with Gasteiger partial charge in [0.25, 0.3) is 0 Å². The number of ether oxygens (including phenoxy) is 4. The minimum Gasteiger partial charge on any atom is -0.497 e. The molecule has 15 rings (SSSR count). The smallest absolute Gasteiger partial charge is 0.118 e. The van der Waals surface area contributed by atoms with Crippen LogP contribution in [0.15, 0.2) is 328 Å². The minimum absolute atomic E-state index is 0.778. The van der Waals surface area contributed by atoms with Crippen molar-refractivity contribution in [3.05, 3.63) is 328 Å². The van der Waals surface area contributed by atoms with E-state index >= 15 is 0 Å². The fourth-order valence-electron chi connectivity index (χ4n) is 14.2. The largest absolute Gasteiger partial charge is 0.497 e. The summed E-state index contributed by atoms with van der Waals surface area (Å²) in [6, 6.07) is 119. The molecule has 0 saturated heterocycles. The van der Waals surface area contributed by atoms with Gasteiger partial charge in [-0.15, -0.1) is 0 Å². The van der Waals surface area contributed by atoms with Gasteiger partial charge < -0.3 is 18.9 Å². The van der Waals surface area contributed by atoms with E-state index < -0.39 is 0 Å². The van der Waals surface area contributed by atoms with Crippen LogP contribution in [-0.4, -0.2) is 28.4 Å². The van der Waals surface area contributed by atoms with Crippen LogP contribution in [-0.2, 0) is 0 Å². The highest BCUT2D eigenvalue weighted by Gasteiger charge is 2.35. The van der Waals surface area contributed by atoms with Crippen LogP contribution >= 0.6 is 0 Å². The van der Waals surface area contributed by atoms with E-state index in [0.29, 0.717) is 0 Å². The third-order valence-corrected chi connectivity index (χ3v) is 18.3. The molecule has 15 aromatic carbocycles. The lowest BCUT2D eigenvalue weighted by Crippen LogP contribution is -2.04. The van der Waals surface area contributed by atoms with Crippen LogP contribution in [0.2, 0.25) is 0 Å². The fourth-order valence-corrected chi connectivity index (χ4v) is 14.2. The molecule has 0 atom stereocenters. The summed E-state index contributed by atoms with van der Waals surface area (Å²) < 4.78 is 23.6. The number of hydrogen-bond donors (Lipinski definition) is 0. The van der Waals surface area contributed by atoms with Gasteiger partial charge in [0, 0.05) is 0 Å². The Labute approximate surface area is 549 Å². The molecule has 450 valence electrons. The van der Waals surface area contributed by atoms with E-state index in [4.69, 9.17) is 18.9 Å². The SMILES string of the molecule is COc1ccc(-c2c(-c3ccccc3)c(-c3ccccc3)c(-c3c4ccccc4c(-c4c(-c5ccccc5)c(-c5ccccc5)c(-c5ccc(OC)cc5)c(-c5ccc(OC)cc5)c4-c4ccccc4)c4ccccc34)c(-c3ccccc3)c2-c2ccc(OC)cc2)cc1. The molecule has 15 aromatic rings. The van der Waals surface area contributed by atoms with Crippen LogP contribution < -0.4 is 18.9 Å². The molecule has 4 nitrogen and oxygen atoms in total. The van der Waals surface area contributed by atoms with Crippen molar-refractivity contribution >= 4 is 21.5 Å². The summed E-state index contributed by atoms with van der Waals surface area (Å²) in [4.78, 5) is 0. The van der Waals surface area contributed by atoms with Crippen molar-refractivity contribution in [3.63, 3.8) is 0 Å². The number of benzene rings is 15. The quantitative estimate of drug-likeness (QED) is 0.0904. The molecule has 0 aliphatic heterocycles. The van der Waals surface area contributed by atoms with E-state index in [1.54, 1.807) is 28.4 Å². The molecule has 0 bridgehead atoms. The van der Waals surface area contributed by atoms with Crippen molar-refractivity contribution in [1.29, 1.82) is 0 Å². The Kier molecular flexibility index (Phi) is 16.0. The van der Waals surface area contributed by atoms with Crippen LogP contribution in [0.3, 0.4) is 0 Å². The lowest BCUT2D eigenvalue weighted by molar-refractivity contribution is 0.414. The normalized spacial score (nSPS) is 11.2. The molecule has 0 radical (unpaired) electrons. The number of rotatable bonds is 16. The Morgan fingerprint density at radius 3 is 0.426 bits per heavy atom. The standard InChI is InChI=1S/C90H66O4/c1-91-69-51-43-65(44-52-69)79-77(59-27-11-5-12-28-59)83(61-31-15-7-16-32-61)89(85(63-35-19-9-20-36-63)81(79)67-47-55-71(93-3)56-48-67)87-73-39-23-25-41-75(73)88(76-42-26-24-40-74(76)87)90-84(62-33-17-8-18-34-62)78(60-29-13-6-14-30-60)80(66-45-53-70(92-2)54-46-66)82(68-49-57-72(94-4)58-50-68)86(90)64-37-21-10-22-38-64/h5-58H,1-4H3. The van der Waals surface area contributed by atoms with Crippen LogP contribution in [0.5, 0.6) is 23.0 Å². The fraction of sp³-hybridized carbons (Fsp3) is 0.0444. The minimum atomic E-state index is 0.778. The highest BCUT2D eigenvalue weighted by molar-refractivity contribution is 6.30. The molecular weight excluding hydrogens is 1140 g/mol. The summed E-state index contributed by atoms with van der Waals surface area (Å²) in [7, 11) is 6.92. The highest BCUT2D eigenvalue weighted by atomic mass is 16.5. The molecule has 0 unspecified atom stereocenters. The molecule has 4 heteroatoms. The van der Waals surface area contributed by atoms with Gasteiger partial charge in [0.05, 0.1) is 28.4 Å². The van der Waals surface area contributed by atoms with Gasteiger partial charge in [0.1, 0.15) is 23.0 Å². The zero-order chi connectivity index (χ0) is 63.5. The summed E-state index contributed by atoms with van der Waals surface area (Å²) in [5, 5.41) is 4.41. The number of methoxy groups -OCH3 is 4. The van der Waals surface area contributed by atoms with Gasteiger partial charge in [-0.1, -0.05) is 279 Å². The predicted octanol–water partition coefficient (Wildman–Crippen LogP) is 24.0. The van der Waals surface area contributed by atoms with E-state index in [0.717, 1.165) is 178 Å². The van der Waals surface area contributed by atoms with Crippen molar-refractivity contribution in [2.24, 2.45) is 0 Å². The van der Waals surface area contributed by atoms with Crippen molar-refractivity contribution in [3.8, 4) is 157 Å². The third kappa shape index (κ3) is 10.5. The molecule has 0 spiro atoms. The van der Waals surface area contributed by atoms with Crippen LogP contribution in [0.25, 0.3) is 155 Å². The van der Waals surface area contributed by atoms with Gasteiger partial charge in [0.15, 0.2) is 0 Å². The molecule has 0 amide bonds. The molecule has 0 aromatic heterocycles. The molecule has 94 heavy (non-hydrogen) atoms. The van der Waals surface area contributed by atoms with Crippen LogP contribution in [0, 0.1) is 0 Å². The second-order valence-corrected chi connectivity index (χ2v) is 23.5. The highest BCUT2D eigenvalue weighted by Crippen LogP contribution is 2.62. The van der Waals surface area contributed by atoms with E-state index in [2.05, 4.69) is 328 Å². The first-order valence-corrected chi connectivity index (χ1v) is 31.9. The van der Waals surface area contributed by atoms with Crippen LogP contribution in [0.4, 0.5) is 0 Å². The second kappa shape index (κ2) is 25.7. The zero-order valence-corrected chi connectivity index (χ0v) is 52.8. The van der Waals surface area contributed by atoms with Crippen molar-refractivity contribution in [2.75, 3.05) is 28.4 Å². The molecule has 0 saturated carbocycles. The zero-order valence-electron chi connectivity index (χ0n) is 52.8. The second-order valence-electron chi connectivity index (χ2n) is 23.5. The van der Waals surface area contributed by atoms with Gasteiger partial charge in [-0.2, -0.15) is 0 Å². The van der Waals surface area contributed by atoms with E-state index in [9.17, 15) is 0 Å². The van der Waals surface area contributed by atoms with Gasteiger partial charge in [0.2, 0.25) is 0 Å². The Morgan fingerprint density at radius 1 is 0.128 bits per heavy atom. The summed E-state index contributed by atoms with van der Waals surface area (Å²) in [6.07, 6.45) is 0. The summed E-state index contributed by atoms with van der Waals surface area (Å²) >= 11 is 0. The van der Waals surface area contributed by atoms with Gasteiger partial charge in [-0.25, -0.2) is 0 Å². The lowest BCUT2D eigenvalue weighted by Gasteiger charge is -2.32. The Morgan fingerprint density at radius 2 is 0.266 bits per heavy atom. The maximum atomic E-state index is 5.93. The Bertz CT molecular complexity index is 4800. The maximum Gasteiger partial charge on any atom is 0.118 e. The van der Waals surface area contributed by atoms with E-state index in [1.807, 2.05) is 0 Å². The molecule has 0 aliphatic rings. The van der Waals surface area contributed by atoms with Gasteiger partial charge >= 0.3 is 0 Å². The first-order valence-electron chi connectivity index (χ1n) is 31.9. The predicted molar refractivity (Wildman–Crippen MR) is 393 cm³/mol. The monoisotopic (exact) mass is 1210 g/mol. The van der Waals surface area contributed by atoms with Gasteiger partial charge in [-0.05, 0) is 204 Å². The lowest BCUT2D eigenvalue weighted by atomic mass is 9.71. The number of hydrogen-bond acceptors (Lipinski definition) is 4. The first-order chi connectivity index (χ1) is 46.5. The Hall–Kier alpha value is -12.0. The van der Waals surface area contributed by atoms with Crippen molar-refractivity contribution in [2.45, 2.75) is 0 Å². The van der Waals surface area contributed by atoms with Gasteiger partial charge in [-0.3, -0.25) is 0 Å². The molecule has 0 fully saturated rings. The summed E-state index contributed by atoms with van der Waals surface area (Å²) in [5.41, 5.74) is 26.2. The van der Waals surface area contributed by atoms with E-state index in [-0.39, 0.29) is 0 Å². The van der Waals surface area contributed by atoms with Crippen LogP contribution in [0.1, 0.15) is 0 Å². The third-order valence-electron chi connectivity index (χ3n) is 18.3. The molecule has 0 aliphatic carbocycles. The van der Waals surface area contributed by atoms with Crippen molar-refractivity contribution in [1.82, 2.24) is 0 Å². The average molecular weight is 1210 g/mol. The van der Waals surface area contributed by atoms with E-state index in [1.165, 1.54) is 0 Å². The summed E-state index contributed by atoms with van der Waals surface area (Å²) in [6.45, 7) is 0. The topological polar surface area (TPSA) is 36.9 Å². The maximum absolute atomic E-state index is 5.93. The molecule has 0 N–H and O–H groups in total. The summed E-state index contributed by atoms with van der Waals surface area (Å²) in [5.74, 6) is 3.12. The number of fused-ring (bicyclic) bond motifs is 2. The first kappa shape index (κ1) is 58.4.